The van der Waals surface area contributed by atoms with E-state index in [2.05, 4.69) is 10.6 Å². The highest BCUT2D eigenvalue weighted by Crippen LogP contribution is 2.17. The molecule has 6 nitrogen and oxygen atoms in total. The third-order valence-corrected chi connectivity index (χ3v) is 5.47. The second-order valence-electron chi connectivity index (χ2n) is 5.39. The largest absolute Gasteiger partial charge is 0.352 e. The number of hydrogen-bond acceptors (Lipinski definition) is 4. The SMILES string of the molecule is CNCCC(=O)NCc1ccc(S(=O)(=O)N(C)C(C)C)cc1. The van der Waals surface area contributed by atoms with Crippen LogP contribution in [0.1, 0.15) is 25.8 Å². The summed E-state index contributed by atoms with van der Waals surface area (Å²) in [7, 11) is -0.103. The minimum absolute atomic E-state index is 0.0365. The number of sulfonamides is 1. The van der Waals surface area contributed by atoms with Crippen LogP contribution < -0.4 is 10.6 Å². The number of carbonyl (C=O) groups excluding carboxylic acids is 1. The van der Waals surface area contributed by atoms with Crippen LogP contribution in [0.15, 0.2) is 29.2 Å². The van der Waals surface area contributed by atoms with E-state index in [0.29, 0.717) is 19.5 Å². The van der Waals surface area contributed by atoms with Crippen molar-refractivity contribution in [2.24, 2.45) is 0 Å². The monoisotopic (exact) mass is 327 g/mol. The predicted octanol–water partition coefficient (Wildman–Crippen LogP) is 0.941. The van der Waals surface area contributed by atoms with Crippen LogP contribution in [0.3, 0.4) is 0 Å². The fraction of sp³-hybridized carbons (Fsp3) is 0.533. The summed E-state index contributed by atoms with van der Waals surface area (Å²) in [4.78, 5) is 11.8. The third-order valence-electron chi connectivity index (χ3n) is 3.42. The second-order valence-corrected chi connectivity index (χ2v) is 7.39. The number of carbonyl (C=O) groups is 1. The van der Waals surface area contributed by atoms with Gasteiger partial charge in [-0.25, -0.2) is 8.42 Å². The van der Waals surface area contributed by atoms with Gasteiger partial charge in [-0.05, 0) is 38.6 Å². The first-order valence-corrected chi connectivity index (χ1v) is 8.71. The van der Waals surface area contributed by atoms with E-state index in [-0.39, 0.29) is 16.8 Å². The van der Waals surface area contributed by atoms with E-state index < -0.39 is 10.0 Å². The quantitative estimate of drug-likeness (QED) is 0.745. The van der Waals surface area contributed by atoms with Crippen molar-refractivity contribution < 1.29 is 13.2 Å². The van der Waals surface area contributed by atoms with Gasteiger partial charge in [-0.15, -0.1) is 0 Å². The number of benzene rings is 1. The molecular weight excluding hydrogens is 302 g/mol. The van der Waals surface area contributed by atoms with Crippen LogP contribution in [0, 0.1) is 0 Å². The van der Waals surface area contributed by atoms with Gasteiger partial charge in [-0.3, -0.25) is 4.79 Å². The van der Waals surface area contributed by atoms with Crippen molar-refractivity contribution in [3.8, 4) is 0 Å². The molecule has 0 unspecified atom stereocenters. The molecular formula is C15H25N3O3S. The molecule has 0 aromatic heterocycles. The Morgan fingerprint density at radius 1 is 1.23 bits per heavy atom. The van der Waals surface area contributed by atoms with Crippen LogP contribution in [-0.2, 0) is 21.4 Å². The first kappa shape index (κ1) is 18.6. The molecule has 22 heavy (non-hydrogen) atoms. The fourth-order valence-corrected chi connectivity index (χ4v) is 3.12. The maximum atomic E-state index is 12.3. The summed E-state index contributed by atoms with van der Waals surface area (Å²) in [5.74, 6) is -0.0365. The Morgan fingerprint density at radius 3 is 2.32 bits per heavy atom. The van der Waals surface area contributed by atoms with Crippen molar-refractivity contribution >= 4 is 15.9 Å². The molecule has 1 rings (SSSR count). The Kier molecular flexibility index (Phi) is 6.99. The van der Waals surface area contributed by atoms with Gasteiger partial charge in [0.2, 0.25) is 15.9 Å². The molecule has 0 radical (unpaired) electrons. The number of hydrogen-bond donors (Lipinski definition) is 2. The van der Waals surface area contributed by atoms with Crippen molar-refractivity contribution in [3.05, 3.63) is 29.8 Å². The highest BCUT2D eigenvalue weighted by molar-refractivity contribution is 7.89. The minimum atomic E-state index is -3.46. The maximum absolute atomic E-state index is 12.3. The van der Waals surface area contributed by atoms with Gasteiger partial charge in [0.1, 0.15) is 0 Å². The Labute approximate surface area is 132 Å². The average molecular weight is 327 g/mol. The molecule has 124 valence electrons. The van der Waals surface area contributed by atoms with Gasteiger partial charge in [0.25, 0.3) is 0 Å². The lowest BCUT2D eigenvalue weighted by molar-refractivity contribution is -0.121. The second kappa shape index (κ2) is 8.26. The summed E-state index contributed by atoms with van der Waals surface area (Å²) >= 11 is 0. The summed E-state index contributed by atoms with van der Waals surface area (Å²) in [6.45, 7) is 4.67. The van der Waals surface area contributed by atoms with E-state index in [1.54, 1.807) is 38.4 Å². The number of amides is 1. The molecule has 0 bridgehead atoms. The molecule has 7 heteroatoms. The highest BCUT2D eigenvalue weighted by Gasteiger charge is 2.22. The van der Waals surface area contributed by atoms with Gasteiger partial charge in [0.15, 0.2) is 0 Å². The van der Waals surface area contributed by atoms with E-state index in [1.807, 2.05) is 13.8 Å². The van der Waals surface area contributed by atoms with Gasteiger partial charge in [0.05, 0.1) is 4.90 Å². The molecule has 0 aliphatic rings. The molecule has 0 saturated heterocycles. The number of nitrogens with one attached hydrogen (secondary N) is 2. The van der Waals surface area contributed by atoms with Crippen LogP contribution in [0.2, 0.25) is 0 Å². The van der Waals surface area contributed by atoms with E-state index in [1.165, 1.54) is 4.31 Å². The first-order valence-electron chi connectivity index (χ1n) is 7.27. The molecule has 1 aromatic rings. The van der Waals surface area contributed by atoms with E-state index >= 15 is 0 Å². The molecule has 0 heterocycles. The maximum Gasteiger partial charge on any atom is 0.243 e. The summed E-state index contributed by atoms with van der Waals surface area (Å²) in [5, 5.41) is 5.70. The zero-order valence-electron chi connectivity index (χ0n) is 13.6. The molecule has 1 amide bonds. The lowest BCUT2D eigenvalue weighted by atomic mass is 10.2. The van der Waals surface area contributed by atoms with Crippen molar-refractivity contribution in [2.45, 2.75) is 37.8 Å². The number of rotatable bonds is 8. The van der Waals surface area contributed by atoms with Crippen LogP contribution in [0.25, 0.3) is 0 Å². The van der Waals surface area contributed by atoms with Gasteiger partial charge >= 0.3 is 0 Å². The minimum Gasteiger partial charge on any atom is -0.352 e. The van der Waals surface area contributed by atoms with Crippen LogP contribution in [0.4, 0.5) is 0 Å². The normalized spacial score (nSPS) is 11.9. The lowest BCUT2D eigenvalue weighted by Gasteiger charge is -2.21. The average Bonchev–Trinajstić information content (AvgIpc) is 2.50. The van der Waals surface area contributed by atoms with Gasteiger partial charge < -0.3 is 10.6 Å². The molecule has 1 aromatic carbocycles. The van der Waals surface area contributed by atoms with Gasteiger partial charge in [-0.1, -0.05) is 12.1 Å². The van der Waals surface area contributed by atoms with E-state index in [4.69, 9.17) is 0 Å². The van der Waals surface area contributed by atoms with Gasteiger partial charge in [0, 0.05) is 32.6 Å². The molecule has 2 N–H and O–H groups in total. The molecule has 0 spiro atoms. The summed E-state index contributed by atoms with van der Waals surface area (Å²) in [6.07, 6.45) is 0.419. The third kappa shape index (κ3) is 5.08. The topological polar surface area (TPSA) is 78.5 Å². The summed E-state index contributed by atoms with van der Waals surface area (Å²) in [5.41, 5.74) is 0.865. The molecule has 0 aliphatic carbocycles. The highest BCUT2D eigenvalue weighted by atomic mass is 32.2. The first-order chi connectivity index (χ1) is 10.3. The fourth-order valence-electron chi connectivity index (χ4n) is 1.75. The predicted molar refractivity (Wildman–Crippen MR) is 86.9 cm³/mol. The zero-order chi connectivity index (χ0) is 16.8. The van der Waals surface area contributed by atoms with E-state index in [9.17, 15) is 13.2 Å². The summed E-state index contributed by atoms with van der Waals surface area (Å²) in [6, 6.07) is 6.49. The Balaban J connectivity index is 2.69. The Hall–Kier alpha value is -1.44. The summed E-state index contributed by atoms with van der Waals surface area (Å²) < 4.78 is 26.0. The van der Waals surface area contributed by atoms with Crippen LogP contribution in [-0.4, -0.2) is 45.3 Å². The van der Waals surface area contributed by atoms with Crippen molar-refractivity contribution in [1.29, 1.82) is 0 Å². The van der Waals surface area contributed by atoms with Gasteiger partial charge in [-0.2, -0.15) is 4.31 Å². The lowest BCUT2D eigenvalue weighted by Crippen LogP contribution is -2.33. The Morgan fingerprint density at radius 2 is 1.82 bits per heavy atom. The number of nitrogens with zero attached hydrogens (tertiary/aromatic N) is 1. The zero-order valence-corrected chi connectivity index (χ0v) is 14.4. The van der Waals surface area contributed by atoms with Crippen LogP contribution >= 0.6 is 0 Å². The van der Waals surface area contributed by atoms with E-state index in [0.717, 1.165) is 5.56 Å². The molecule has 0 saturated carbocycles. The van der Waals surface area contributed by atoms with Crippen molar-refractivity contribution in [3.63, 3.8) is 0 Å². The van der Waals surface area contributed by atoms with Crippen molar-refractivity contribution in [2.75, 3.05) is 20.6 Å². The van der Waals surface area contributed by atoms with Crippen molar-refractivity contribution in [1.82, 2.24) is 14.9 Å². The van der Waals surface area contributed by atoms with Crippen LogP contribution in [0.5, 0.6) is 0 Å². The molecule has 0 atom stereocenters. The standard InChI is InChI=1S/C15H25N3O3S/c1-12(2)18(4)22(20,21)14-7-5-13(6-8-14)11-17-15(19)9-10-16-3/h5-8,12,16H,9-11H2,1-4H3,(H,17,19). The Bertz CT molecular complexity index is 583. The molecule has 0 fully saturated rings. The molecule has 0 aliphatic heterocycles. The smallest absolute Gasteiger partial charge is 0.243 e.